The summed E-state index contributed by atoms with van der Waals surface area (Å²) >= 11 is 1.85. The van der Waals surface area contributed by atoms with Crippen LogP contribution >= 0.6 is 11.3 Å². The molecule has 3 heterocycles. The fourth-order valence-electron chi connectivity index (χ4n) is 4.93. The Morgan fingerprint density at radius 3 is 3.04 bits per heavy atom. The molecule has 0 radical (unpaired) electrons. The van der Waals surface area contributed by atoms with Gasteiger partial charge in [0.05, 0.1) is 0 Å². The van der Waals surface area contributed by atoms with Crippen LogP contribution in [0.4, 0.5) is 0 Å². The number of carbonyl (C=O) groups excluding carboxylic acids is 1. The molecule has 1 spiro atoms. The third kappa shape index (κ3) is 3.14. The maximum absolute atomic E-state index is 12.7. The zero-order valence-electron chi connectivity index (χ0n) is 14.6. The number of amides is 1. The van der Waals surface area contributed by atoms with Gasteiger partial charge in [-0.1, -0.05) is 6.07 Å². The predicted molar refractivity (Wildman–Crippen MR) is 98.1 cm³/mol. The van der Waals surface area contributed by atoms with E-state index >= 15 is 0 Å². The van der Waals surface area contributed by atoms with Crippen molar-refractivity contribution in [3.63, 3.8) is 0 Å². The molecular weight excluding hydrogens is 318 g/mol. The molecule has 3 unspecified atom stereocenters. The average molecular weight is 348 g/mol. The lowest BCUT2D eigenvalue weighted by atomic mass is 9.88. The highest BCUT2D eigenvalue weighted by Crippen LogP contribution is 2.58. The number of hydrogen-bond donors (Lipinski definition) is 2. The number of nitrogens with zero attached hydrogens (tertiary/aromatic N) is 1. The summed E-state index contributed by atoms with van der Waals surface area (Å²) in [4.78, 5) is 16.6. The summed E-state index contributed by atoms with van der Waals surface area (Å²) in [7, 11) is 2.23. The highest BCUT2D eigenvalue weighted by Gasteiger charge is 2.57. The van der Waals surface area contributed by atoms with Crippen molar-refractivity contribution in [1.29, 1.82) is 0 Å². The molecule has 132 valence electrons. The van der Waals surface area contributed by atoms with Crippen molar-refractivity contribution in [2.24, 2.45) is 17.3 Å². The van der Waals surface area contributed by atoms with Crippen LogP contribution in [0, 0.1) is 17.3 Å². The van der Waals surface area contributed by atoms with Gasteiger partial charge in [0, 0.05) is 23.4 Å². The van der Waals surface area contributed by atoms with E-state index in [1.54, 1.807) is 0 Å². The summed E-state index contributed by atoms with van der Waals surface area (Å²) in [5.41, 5.74) is 0.339. The van der Waals surface area contributed by atoms with E-state index in [0.29, 0.717) is 23.3 Å². The molecule has 1 aliphatic carbocycles. The lowest BCUT2D eigenvalue weighted by molar-refractivity contribution is -0.123. The molecule has 1 aromatic rings. The van der Waals surface area contributed by atoms with Gasteiger partial charge in [0.1, 0.15) is 0 Å². The highest BCUT2D eigenvalue weighted by molar-refractivity contribution is 7.10. The van der Waals surface area contributed by atoms with Crippen LogP contribution in [0.2, 0.25) is 0 Å². The second kappa shape index (κ2) is 6.77. The molecule has 1 saturated carbocycles. The third-order valence-corrected chi connectivity index (χ3v) is 7.43. The van der Waals surface area contributed by atoms with Gasteiger partial charge >= 0.3 is 0 Å². The molecule has 3 atom stereocenters. The Bertz CT molecular complexity index is 567. The van der Waals surface area contributed by atoms with Crippen LogP contribution in [0.15, 0.2) is 17.5 Å². The Kier molecular flexibility index (Phi) is 4.67. The van der Waals surface area contributed by atoms with Gasteiger partial charge < -0.3 is 10.6 Å². The van der Waals surface area contributed by atoms with E-state index < -0.39 is 0 Å². The highest BCUT2D eigenvalue weighted by atomic mass is 32.1. The summed E-state index contributed by atoms with van der Waals surface area (Å²) in [5, 5.41) is 8.90. The lowest BCUT2D eigenvalue weighted by Crippen LogP contribution is -2.42. The van der Waals surface area contributed by atoms with E-state index in [-0.39, 0.29) is 5.92 Å². The average Bonchev–Trinajstić information content (AvgIpc) is 3.04. The Balaban J connectivity index is 1.35. The molecule has 1 amide bonds. The Morgan fingerprint density at radius 1 is 1.46 bits per heavy atom. The summed E-state index contributed by atoms with van der Waals surface area (Å²) < 4.78 is 0. The maximum Gasteiger partial charge on any atom is 0.223 e. The second-order valence-corrected chi connectivity index (χ2v) is 8.94. The minimum atomic E-state index is 0.279. The van der Waals surface area contributed by atoms with Crippen molar-refractivity contribution in [3.05, 3.63) is 22.4 Å². The topological polar surface area (TPSA) is 44.4 Å². The Hall–Kier alpha value is -0.910. The van der Waals surface area contributed by atoms with Crippen molar-refractivity contribution in [1.82, 2.24) is 15.5 Å². The van der Waals surface area contributed by atoms with Gasteiger partial charge in [-0.25, -0.2) is 0 Å². The van der Waals surface area contributed by atoms with Gasteiger partial charge in [-0.2, -0.15) is 0 Å². The molecule has 3 fully saturated rings. The number of piperidine rings is 2. The molecule has 3 aliphatic rings. The van der Waals surface area contributed by atoms with E-state index in [4.69, 9.17) is 0 Å². The van der Waals surface area contributed by atoms with Crippen LogP contribution in [0.1, 0.15) is 43.0 Å². The van der Waals surface area contributed by atoms with Crippen LogP contribution in [-0.2, 0) is 4.79 Å². The summed E-state index contributed by atoms with van der Waals surface area (Å²) in [6, 6.07) is 4.85. The number of rotatable bonds is 4. The summed E-state index contributed by atoms with van der Waals surface area (Å²) in [6.07, 6.45) is 5.91. The van der Waals surface area contributed by atoms with Crippen LogP contribution in [0.5, 0.6) is 0 Å². The van der Waals surface area contributed by atoms with Gasteiger partial charge in [0.25, 0.3) is 0 Å². The zero-order valence-corrected chi connectivity index (χ0v) is 15.4. The first-order valence-corrected chi connectivity index (χ1v) is 10.3. The largest absolute Gasteiger partial charge is 0.355 e. The van der Waals surface area contributed by atoms with E-state index in [0.717, 1.165) is 32.6 Å². The van der Waals surface area contributed by atoms with Crippen LogP contribution < -0.4 is 10.6 Å². The van der Waals surface area contributed by atoms with Gasteiger partial charge in [-0.3, -0.25) is 9.69 Å². The van der Waals surface area contributed by atoms with Gasteiger partial charge in [0.2, 0.25) is 5.91 Å². The molecule has 0 aromatic carbocycles. The number of hydrogen-bond acceptors (Lipinski definition) is 4. The van der Waals surface area contributed by atoms with Crippen molar-refractivity contribution in [3.8, 4) is 0 Å². The number of carbonyl (C=O) groups is 1. The van der Waals surface area contributed by atoms with Gasteiger partial charge in [-0.05, 0) is 81.6 Å². The fraction of sp³-hybridized carbons (Fsp3) is 0.737. The number of likely N-dealkylation sites (tertiary alicyclic amines) is 1. The number of nitrogens with one attached hydrogen (secondary N) is 2. The van der Waals surface area contributed by atoms with Crippen molar-refractivity contribution in [2.45, 2.75) is 38.1 Å². The van der Waals surface area contributed by atoms with Crippen molar-refractivity contribution < 1.29 is 4.79 Å². The van der Waals surface area contributed by atoms with Crippen molar-refractivity contribution in [2.75, 3.05) is 33.2 Å². The normalized spacial score (nSPS) is 32.6. The zero-order chi connectivity index (χ0) is 16.6. The predicted octanol–water partition coefficient (Wildman–Crippen LogP) is 2.64. The first-order valence-electron chi connectivity index (χ1n) is 9.42. The summed E-state index contributed by atoms with van der Waals surface area (Å²) in [5.74, 6) is 1.13. The van der Waals surface area contributed by atoms with E-state index in [9.17, 15) is 4.79 Å². The third-order valence-electron chi connectivity index (χ3n) is 6.49. The lowest BCUT2D eigenvalue weighted by Gasteiger charge is -2.39. The maximum atomic E-state index is 12.7. The molecule has 4 nitrogen and oxygen atoms in total. The molecule has 1 aromatic heterocycles. The van der Waals surface area contributed by atoms with Crippen molar-refractivity contribution >= 4 is 17.2 Å². The SMILES string of the molecule is CN1CCCC(CNC(=O)C2CC23CCNCC3)C1c1cccs1. The molecule has 5 heteroatoms. The van der Waals surface area contributed by atoms with Gasteiger partial charge in [-0.15, -0.1) is 11.3 Å². The van der Waals surface area contributed by atoms with E-state index in [1.807, 2.05) is 11.3 Å². The molecule has 2 saturated heterocycles. The molecule has 2 N–H and O–H groups in total. The standard InChI is InChI=1S/C19H29N3OS/c1-22-10-2-4-14(17(22)16-5-3-11-24-16)13-21-18(23)15-12-19(15)6-8-20-9-7-19/h3,5,11,14-15,17,20H,2,4,6-10,12-13H2,1H3,(H,21,23). The summed E-state index contributed by atoms with van der Waals surface area (Å²) in [6.45, 7) is 4.15. The molecule has 2 aliphatic heterocycles. The minimum Gasteiger partial charge on any atom is -0.355 e. The first kappa shape index (κ1) is 16.6. The van der Waals surface area contributed by atoms with E-state index in [2.05, 4.69) is 40.1 Å². The Morgan fingerprint density at radius 2 is 2.29 bits per heavy atom. The molecule has 0 bridgehead atoms. The van der Waals surface area contributed by atoms with Crippen LogP contribution in [0.3, 0.4) is 0 Å². The molecule has 24 heavy (non-hydrogen) atoms. The van der Waals surface area contributed by atoms with Crippen LogP contribution in [0.25, 0.3) is 0 Å². The quantitative estimate of drug-likeness (QED) is 0.880. The first-order chi connectivity index (χ1) is 11.7. The Labute approximate surface area is 149 Å². The van der Waals surface area contributed by atoms with E-state index in [1.165, 1.54) is 30.6 Å². The van der Waals surface area contributed by atoms with Gasteiger partial charge in [0.15, 0.2) is 0 Å². The molecular formula is C19H29N3OS. The number of thiophene rings is 1. The molecule has 4 rings (SSSR count). The smallest absolute Gasteiger partial charge is 0.223 e. The monoisotopic (exact) mass is 347 g/mol. The fourth-order valence-corrected chi connectivity index (χ4v) is 5.92. The second-order valence-electron chi connectivity index (χ2n) is 7.96. The minimum absolute atomic E-state index is 0.279. The van der Waals surface area contributed by atoms with Crippen LogP contribution in [-0.4, -0.2) is 44.0 Å².